The number of carbonyl (C=O) groups is 1. The SMILES string of the molecule is C=CC[C@@](C)(Nc1nc(NCc2ccc(OC)cc2OC)nc2cccnc12)C(=O)O. The second-order valence-electron chi connectivity index (χ2n) is 7.05. The maximum atomic E-state index is 11.9. The minimum atomic E-state index is -1.29. The van der Waals surface area contributed by atoms with Crippen molar-refractivity contribution in [1.82, 2.24) is 15.0 Å². The first-order chi connectivity index (χ1) is 14.9. The Kier molecular flexibility index (Phi) is 6.54. The molecular weight excluding hydrogens is 398 g/mol. The number of rotatable bonds is 10. The van der Waals surface area contributed by atoms with Crippen LogP contribution in [-0.4, -0.2) is 45.8 Å². The van der Waals surface area contributed by atoms with Gasteiger partial charge in [-0.3, -0.25) is 4.98 Å². The summed E-state index contributed by atoms with van der Waals surface area (Å²) in [5, 5.41) is 15.9. The second kappa shape index (κ2) is 9.29. The smallest absolute Gasteiger partial charge is 0.329 e. The number of nitrogens with zero attached hydrogens (tertiary/aromatic N) is 3. The fourth-order valence-corrected chi connectivity index (χ4v) is 3.05. The number of aliphatic carboxylic acids is 1. The zero-order chi connectivity index (χ0) is 22.4. The van der Waals surface area contributed by atoms with Gasteiger partial charge in [0.1, 0.15) is 22.6 Å². The first-order valence-corrected chi connectivity index (χ1v) is 9.60. The molecule has 1 atom stereocenters. The molecule has 0 aliphatic heterocycles. The zero-order valence-electron chi connectivity index (χ0n) is 17.7. The summed E-state index contributed by atoms with van der Waals surface area (Å²) in [6.45, 7) is 5.62. The van der Waals surface area contributed by atoms with Crippen LogP contribution >= 0.6 is 0 Å². The van der Waals surface area contributed by atoms with Gasteiger partial charge >= 0.3 is 5.97 Å². The van der Waals surface area contributed by atoms with Crippen LogP contribution < -0.4 is 20.1 Å². The summed E-state index contributed by atoms with van der Waals surface area (Å²) in [6, 6.07) is 9.07. The molecule has 0 radical (unpaired) electrons. The van der Waals surface area contributed by atoms with E-state index in [9.17, 15) is 9.90 Å². The van der Waals surface area contributed by atoms with E-state index >= 15 is 0 Å². The number of anilines is 2. The fourth-order valence-electron chi connectivity index (χ4n) is 3.05. The number of ether oxygens (including phenoxy) is 2. The molecule has 9 nitrogen and oxygen atoms in total. The van der Waals surface area contributed by atoms with Crippen LogP contribution in [0.2, 0.25) is 0 Å². The third-order valence-corrected chi connectivity index (χ3v) is 4.80. The Labute approximate surface area is 180 Å². The minimum Gasteiger partial charge on any atom is -0.497 e. The van der Waals surface area contributed by atoms with Crippen molar-refractivity contribution in [1.29, 1.82) is 0 Å². The number of carboxylic acids is 1. The Morgan fingerprint density at radius 3 is 2.74 bits per heavy atom. The van der Waals surface area contributed by atoms with Crippen LogP contribution in [0.5, 0.6) is 11.5 Å². The molecule has 9 heteroatoms. The van der Waals surface area contributed by atoms with Gasteiger partial charge in [0.15, 0.2) is 5.82 Å². The van der Waals surface area contributed by atoms with Crippen LogP contribution in [0, 0.1) is 0 Å². The van der Waals surface area contributed by atoms with Crippen LogP contribution in [0.4, 0.5) is 11.8 Å². The van der Waals surface area contributed by atoms with Crippen molar-refractivity contribution in [2.45, 2.75) is 25.4 Å². The largest absolute Gasteiger partial charge is 0.497 e. The molecule has 0 spiro atoms. The molecule has 0 saturated carbocycles. The lowest BCUT2D eigenvalue weighted by molar-refractivity contribution is -0.141. The van der Waals surface area contributed by atoms with Crippen LogP contribution in [0.3, 0.4) is 0 Å². The van der Waals surface area contributed by atoms with Gasteiger partial charge in [0.25, 0.3) is 0 Å². The highest BCUT2D eigenvalue weighted by Gasteiger charge is 2.33. The molecule has 0 aliphatic carbocycles. The average Bonchev–Trinajstić information content (AvgIpc) is 2.77. The lowest BCUT2D eigenvalue weighted by atomic mass is 9.98. The zero-order valence-corrected chi connectivity index (χ0v) is 17.7. The van der Waals surface area contributed by atoms with E-state index in [0.717, 1.165) is 5.56 Å². The van der Waals surface area contributed by atoms with Crippen molar-refractivity contribution in [3.8, 4) is 11.5 Å². The standard InChI is InChI=1S/C22H25N5O4/c1-5-10-22(2,20(28)29)27-19-18-16(7-6-11-23-18)25-21(26-19)24-13-14-8-9-15(30-3)12-17(14)31-4/h5-9,11-12H,1,10,13H2,2-4H3,(H,28,29)(H2,24,25,26,27)/t22-/m1/s1. The van der Waals surface area contributed by atoms with Crippen molar-refractivity contribution in [3.05, 3.63) is 54.7 Å². The molecule has 2 heterocycles. The second-order valence-corrected chi connectivity index (χ2v) is 7.05. The number of hydrogen-bond donors (Lipinski definition) is 3. The van der Waals surface area contributed by atoms with E-state index in [2.05, 4.69) is 32.2 Å². The number of nitrogens with one attached hydrogen (secondary N) is 2. The summed E-state index contributed by atoms with van der Waals surface area (Å²) in [6.07, 6.45) is 3.36. The lowest BCUT2D eigenvalue weighted by Crippen LogP contribution is -2.43. The summed E-state index contributed by atoms with van der Waals surface area (Å²) in [4.78, 5) is 25.2. The fraction of sp³-hybridized carbons (Fsp3) is 0.273. The van der Waals surface area contributed by atoms with E-state index in [1.807, 2.05) is 12.1 Å². The van der Waals surface area contributed by atoms with Crippen LogP contribution in [0.15, 0.2) is 49.2 Å². The molecule has 31 heavy (non-hydrogen) atoms. The van der Waals surface area contributed by atoms with Gasteiger partial charge < -0.3 is 25.2 Å². The van der Waals surface area contributed by atoms with Crippen molar-refractivity contribution in [2.75, 3.05) is 24.9 Å². The van der Waals surface area contributed by atoms with Gasteiger partial charge in [-0.05, 0) is 37.6 Å². The summed E-state index contributed by atoms with van der Waals surface area (Å²) in [5.74, 6) is 0.980. The van der Waals surface area contributed by atoms with Gasteiger partial charge in [0, 0.05) is 24.4 Å². The molecule has 0 saturated heterocycles. The van der Waals surface area contributed by atoms with Crippen molar-refractivity contribution < 1.29 is 19.4 Å². The Hall–Kier alpha value is -3.88. The lowest BCUT2D eigenvalue weighted by Gasteiger charge is -2.26. The third-order valence-electron chi connectivity index (χ3n) is 4.80. The molecule has 3 rings (SSSR count). The van der Waals surface area contributed by atoms with Crippen molar-refractivity contribution >= 4 is 28.8 Å². The highest BCUT2D eigenvalue weighted by molar-refractivity contribution is 5.90. The molecular formula is C22H25N5O4. The number of pyridine rings is 1. The third kappa shape index (κ3) is 4.82. The molecule has 1 aromatic carbocycles. The van der Waals surface area contributed by atoms with E-state index < -0.39 is 11.5 Å². The Balaban J connectivity index is 1.94. The van der Waals surface area contributed by atoms with Crippen LogP contribution in [0.25, 0.3) is 11.0 Å². The van der Waals surface area contributed by atoms with Gasteiger partial charge in [0.2, 0.25) is 5.95 Å². The Morgan fingerprint density at radius 1 is 1.26 bits per heavy atom. The summed E-state index contributed by atoms with van der Waals surface area (Å²) in [5.41, 5.74) is 0.647. The molecule has 162 valence electrons. The Bertz CT molecular complexity index is 1100. The summed E-state index contributed by atoms with van der Waals surface area (Å²) in [7, 11) is 3.18. The average molecular weight is 423 g/mol. The van der Waals surface area contributed by atoms with E-state index in [1.165, 1.54) is 0 Å². The maximum absolute atomic E-state index is 11.9. The van der Waals surface area contributed by atoms with Crippen molar-refractivity contribution in [3.63, 3.8) is 0 Å². The summed E-state index contributed by atoms with van der Waals surface area (Å²) >= 11 is 0. The van der Waals surface area contributed by atoms with Gasteiger partial charge in [-0.15, -0.1) is 6.58 Å². The van der Waals surface area contributed by atoms with E-state index in [4.69, 9.17) is 9.47 Å². The normalized spacial score (nSPS) is 12.6. The van der Waals surface area contributed by atoms with Gasteiger partial charge in [-0.25, -0.2) is 9.78 Å². The topological polar surface area (TPSA) is 118 Å². The first-order valence-electron chi connectivity index (χ1n) is 9.60. The maximum Gasteiger partial charge on any atom is 0.329 e. The molecule has 0 fully saturated rings. The Morgan fingerprint density at radius 2 is 2.06 bits per heavy atom. The van der Waals surface area contributed by atoms with Gasteiger partial charge in [0.05, 0.1) is 19.7 Å². The predicted octanol–water partition coefficient (Wildman–Crippen LogP) is 3.49. The molecule has 0 unspecified atom stereocenters. The minimum absolute atomic E-state index is 0.201. The number of aromatic nitrogens is 3. The highest BCUT2D eigenvalue weighted by Crippen LogP contribution is 2.27. The first kappa shape index (κ1) is 21.8. The quantitative estimate of drug-likeness (QED) is 0.421. The van der Waals surface area contributed by atoms with Crippen molar-refractivity contribution in [2.24, 2.45) is 0 Å². The molecule has 3 N–H and O–H groups in total. The number of fused-ring (bicyclic) bond motifs is 1. The molecule has 0 amide bonds. The molecule has 3 aromatic rings. The van der Waals surface area contributed by atoms with E-state index in [1.54, 1.807) is 51.6 Å². The number of methoxy groups -OCH3 is 2. The van der Waals surface area contributed by atoms with E-state index in [-0.39, 0.29) is 6.42 Å². The van der Waals surface area contributed by atoms with E-state index in [0.29, 0.717) is 40.8 Å². The number of hydrogen-bond acceptors (Lipinski definition) is 8. The molecule has 0 aliphatic rings. The monoisotopic (exact) mass is 423 g/mol. The van der Waals surface area contributed by atoms with Crippen LogP contribution in [-0.2, 0) is 11.3 Å². The predicted molar refractivity (Wildman–Crippen MR) is 119 cm³/mol. The highest BCUT2D eigenvalue weighted by atomic mass is 16.5. The summed E-state index contributed by atoms with van der Waals surface area (Å²) < 4.78 is 10.7. The number of benzene rings is 1. The van der Waals surface area contributed by atoms with Gasteiger partial charge in [-0.2, -0.15) is 4.98 Å². The van der Waals surface area contributed by atoms with Gasteiger partial charge in [-0.1, -0.05) is 6.08 Å². The number of carboxylic acid groups (broad SMARTS) is 1. The molecule has 2 aromatic heterocycles. The molecule has 0 bridgehead atoms. The van der Waals surface area contributed by atoms with Crippen LogP contribution in [0.1, 0.15) is 18.9 Å².